The molecule has 1 aliphatic heterocycles. The zero-order valence-corrected chi connectivity index (χ0v) is 15.0. The van der Waals surface area contributed by atoms with E-state index in [1.165, 1.54) is 5.56 Å². The molecule has 1 atom stereocenters. The number of carbonyl (C=O) groups is 1. The molecule has 0 radical (unpaired) electrons. The molecule has 1 aromatic carbocycles. The van der Waals surface area contributed by atoms with Crippen molar-refractivity contribution in [2.24, 2.45) is 0 Å². The van der Waals surface area contributed by atoms with Crippen molar-refractivity contribution in [1.82, 2.24) is 15.1 Å². The van der Waals surface area contributed by atoms with Crippen molar-refractivity contribution >= 4 is 6.03 Å². The normalized spacial score (nSPS) is 16.8. The van der Waals surface area contributed by atoms with E-state index in [9.17, 15) is 4.79 Å². The summed E-state index contributed by atoms with van der Waals surface area (Å²) in [6.07, 6.45) is 2.10. The summed E-state index contributed by atoms with van der Waals surface area (Å²) in [6, 6.07) is 10.6. The molecule has 2 amide bonds. The fraction of sp³-hybridized carbons (Fsp3) is 0.632. The second-order valence-electron chi connectivity index (χ2n) is 6.24. The van der Waals surface area contributed by atoms with Gasteiger partial charge in [-0.25, -0.2) is 4.79 Å². The summed E-state index contributed by atoms with van der Waals surface area (Å²) in [5.74, 6) is 0. The Morgan fingerprint density at radius 2 is 1.88 bits per heavy atom. The maximum absolute atomic E-state index is 12.2. The summed E-state index contributed by atoms with van der Waals surface area (Å²) in [6.45, 7) is 9.90. The second-order valence-corrected chi connectivity index (χ2v) is 6.24. The van der Waals surface area contributed by atoms with Crippen LogP contribution in [0.4, 0.5) is 4.79 Å². The third-order valence-corrected chi connectivity index (χ3v) is 4.56. The third kappa shape index (κ3) is 6.13. The fourth-order valence-corrected chi connectivity index (χ4v) is 2.98. The molecule has 1 heterocycles. The van der Waals surface area contributed by atoms with Crippen LogP contribution in [0, 0.1) is 0 Å². The Kier molecular flexibility index (Phi) is 8.05. The molecule has 5 heteroatoms. The number of ether oxygens (including phenoxy) is 1. The van der Waals surface area contributed by atoms with Crippen LogP contribution >= 0.6 is 0 Å². The number of piperazine rings is 1. The lowest BCUT2D eigenvalue weighted by molar-refractivity contribution is 0.0596. The van der Waals surface area contributed by atoms with Crippen LogP contribution in [0.1, 0.15) is 25.8 Å². The van der Waals surface area contributed by atoms with Crippen molar-refractivity contribution in [3.05, 3.63) is 35.9 Å². The van der Waals surface area contributed by atoms with E-state index < -0.39 is 0 Å². The van der Waals surface area contributed by atoms with Crippen molar-refractivity contribution in [2.75, 3.05) is 45.9 Å². The van der Waals surface area contributed by atoms with Gasteiger partial charge in [0.15, 0.2) is 0 Å². The summed E-state index contributed by atoms with van der Waals surface area (Å²) in [5.41, 5.74) is 1.37. The molecule has 24 heavy (non-hydrogen) atoms. The molecule has 0 aromatic heterocycles. The molecule has 134 valence electrons. The smallest absolute Gasteiger partial charge is 0.317 e. The molecule has 0 spiro atoms. The molecule has 1 saturated heterocycles. The van der Waals surface area contributed by atoms with Gasteiger partial charge in [-0.05, 0) is 25.3 Å². The van der Waals surface area contributed by atoms with Gasteiger partial charge in [0.25, 0.3) is 0 Å². The first-order valence-corrected chi connectivity index (χ1v) is 9.13. The number of rotatable bonds is 8. The fourth-order valence-electron chi connectivity index (χ4n) is 2.98. The molecule has 0 bridgehead atoms. The SMILES string of the molecule is CCO[C@H](CC)CNC(=O)N1CCN(CCc2ccccc2)CC1. The van der Waals surface area contributed by atoms with Gasteiger partial charge in [-0.1, -0.05) is 37.3 Å². The highest BCUT2D eigenvalue weighted by molar-refractivity contribution is 5.74. The Labute approximate surface area is 146 Å². The van der Waals surface area contributed by atoms with Gasteiger partial charge >= 0.3 is 6.03 Å². The lowest BCUT2D eigenvalue weighted by Crippen LogP contribution is -2.52. The minimum absolute atomic E-state index is 0.0378. The first kappa shape index (κ1) is 18.7. The Balaban J connectivity index is 1.65. The standard InChI is InChI=1S/C19H31N3O2/c1-3-18(24-4-2)16-20-19(23)22-14-12-21(13-15-22)11-10-17-8-6-5-7-9-17/h5-9,18H,3-4,10-16H2,1-2H3,(H,20,23)/t18-/m1/s1. The van der Waals surface area contributed by atoms with Crippen LogP contribution in [0.15, 0.2) is 30.3 Å². The number of benzene rings is 1. The lowest BCUT2D eigenvalue weighted by atomic mass is 10.1. The summed E-state index contributed by atoms with van der Waals surface area (Å²) in [4.78, 5) is 16.6. The largest absolute Gasteiger partial charge is 0.377 e. The minimum Gasteiger partial charge on any atom is -0.377 e. The monoisotopic (exact) mass is 333 g/mol. The number of carbonyl (C=O) groups excluding carboxylic acids is 1. The van der Waals surface area contributed by atoms with Crippen LogP contribution in [0.2, 0.25) is 0 Å². The summed E-state index contributed by atoms with van der Waals surface area (Å²) in [5, 5.41) is 3.00. The highest BCUT2D eigenvalue weighted by atomic mass is 16.5. The van der Waals surface area contributed by atoms with Crippen molar-refractivity contribution in [3.8, 4) is 0 Å². The molecule has 5 nitrogen and oxygen atoms in total. The van der Waals surface area contributed by atoms with E-state index in [0.717, 1.165) is 45.6 Å². The Hall–Kier alpha value is -1.59. The van der Waals surface area contributed by atoms with Crippen molar-refractivity contribution in [2.45, 2.75) is 32.8 Å². The summed E-state index contributed by atoms with van der Waals surface area (Å²) >= 11 is 0. The quantitative estimate of drug-likeness (QED) is 0.794. The van der Waals surface area contributed by atoms with Crippen molar-refractivity contribution in [3.63, 3.8) is 0 Å². The highest BCUT2D eigenvalue weighted by Gasteiger charge is 2.21. The van der Waals surface area contributed by atoms with Gasteiger partial charge in [-0.2, -0.15) is 0 Å². The Morgan fingerprint density at radius 3 is 2.50 bits per heavy atom. The zero-order valence-electron chi connectivity index (χ0n) is 15.0. The first-order chi connectivity index (χ1) is 11.7. The molecule has 0 saturated carbocycles. The average Bonchev–Trinajstić information content (AvgIpc) is 2.64. The number of amides is 2. The Morgan fingerprint density at radius 1 is 1.17 bits per heavy atom. The first-order valence-electron chi connectivity index (χ1n) is 9.13. The van der Waals surface area contributed by atoms with Gasteiger partial charge in [0.2, 0.25) is 0 Å². The predicted octanol–water partition coefficient (Wildman–Crippen LogP) is 2.37. The van der Waals surface area contributed by atoms with E-state index in [0.29, 0.717) is 13.2 Å². The van der Waals surface area contributed by atoms with Crippen LogP contribution in [-0.4, -0.2) is 67.8 Å². The van der Waals surface area contributed by atoms with Crippen molar-refractivity contribution in [1.29, 1.82) is 0 Å². The minimum atomic E-state index is 0.0378. The predicted molar refractivity (Wildman–Crippen MR) is 97.3 cm³/mol. The molecular weight excluding hydrogens is 302 g/mol. The van der Waals surface area contributed by atoms with E-state index in [2.05, 4.69) is 47.5 Å². The molecule has 0 unspecified atom stereocenters. The number of nitrogens with one attached hydrogen (secondary N) is 1. The maximum atomic E-state index is 12.2. The Bertz CT molecular complexity index is 473. The second kappa shape index (κ2) is 10.3. The molecule has 1 aliphatic rings. The van der Waals surface area contributed by atoms with Crippen LogP contribution < -0.4 is 5.32 Å². The van der Waals surface area contributed by atoms with Gasteiger partial charge in [-0.15, -0.1) is 0 Å². The third-order valence-electron chi connectivity index (χ3n) is 4.56. The van der Waals surface area contributed by atoms with Gasteiger partial charge in [0.05, 0.1) is 6.10 Å². The van der Waals surface area contributed by atoms with Crippen LogP contribution in [-0.2, 0) is 11.2 Å². The van der Waals surface area contributed by atoms with Crippen LogP contribution in [0.25, 0.3) is 0 Å². The summed E-state index contributed by atoms with van der Waals surface area (Å²) < 4.78 is 5.58. The number of urea groups is 1. The van der Waals surface area contributed by atoms with E-state index in [1.54, 1.807) is 0 Å². The van der Waals surface area contributed by atoms with E-state index in [1.807, 2.05) is 11.8 Å². The van der Waals surface area contributed by atoms with Crippen LogP contribution in [0.3, 0.4) is 0 Å². The highest BCUT2D eigenvalue weighted by Crippen LogP contribution is 2.06. The summed E-state index contributed by atoms with van der Waals surface area (Å²) in [7, 11) is 0. The molecule has 1 aromatic rings. The van der Waals surface area contributed by atoms with E-state index >= 15 is 0 Å². The van der Waals surface area contributed by atoms with E-state index in [-0.39, 0.29) is 12.1 Å². The topological polar surface area (TPSA) is 44.8 Å². The molecule has 1 N–H and O–H groups in total. The average molecular weight is 333 g/mol. The number of nitrogens with zero attached hydrogens (tertiary/aromatic N) is 2. The molecular formula is C19H31N3O2. The van der Waals surface area contributed by atoms with Gasteiger partial charge in [-0.3, -0.25) is 4.90 Å². The zero-order chi connectivity index (χ0) is 17.2. The van der Waals surface area contributed by atoms with Crippen LogP contribution in [0.5, 0.6) is 0 Å². The molecule has 1 fully saturated rings. The number of hydrogen-bond acceptors (Lipinski definition) is 3. The van der Waals surface area contributed by atoms with Gasteiger partial charge < -0.3 is 15.0 Å². The molecule has 0 aliphatic carbocycles. The van der Waals surface area contributed by atoms with Crippen molar-refractivity contribution < 1.29 is 9.53 Å². The number of hydrogen-bond donors (Lipinski definition) is 1. The lowest BCUT2D eigenvalue weighted by Gasteiger charge is -2.35. The van der Waals surface area contributed by atoms with Gasteiger partial charge in [0.1, 0.15) is 0 Å². The van der Waals surface area contributed by atoms with Gasteiger partial charge in [0, 0.05) is 45.9 Å². The molecule has 2 rings (SSSR count). The maximum Gasteiger partial charge on any atom is 0.317 e. The van der Waals surface area contributed by atoms with E-state index in [4.69, 9.17) is 4.74 Å².